The molecular weight excluding hydrogens is 354 g/mol. The largest absolute Gasteiger partial charge is 0.379 e. The molecule has 6 nitrogen and oxygen atoms in total. The van der Waals surface area contributed by atoms with Gasteiger partial charge in [-0.25, -0.2) is 0 Å². The Labute approximate surface area is 167 Å². The summed E-state index contributed by atoms with van der Waals surface area (Å²) in [6, 6.07) is 5.73. The van der Waals surface area contributed by atoms with Gasteiger partial charge in [0.25, 0.3) is 0 Å². The minimum atomic E-state index is -0.413. The number of ether oxygens (including phenoxy) is 1. The lowest BCUT2D eigenvalue weighted by atomic mass is 9.67. The molecule has 28 heavy (non-hydrogen) atoms. The number of nitrogens with two attached hydrogens (primary N) is 1. The van der Waals surface area contributed by atoms with Crippen LogP contribution in [0.5, 0.6) is 0 Å². The average molecular weight is 388 g/mol. The van der Waals surface area contributed by atoms with E-state index < -0.39 is 5.91 Å². The van der Waals surface area contributed by atoms with Crippen LogP contribution in [-0.4, -0.2) is 55.6 Å². The van der Waals surface area contributed by atoms with Crippen molar-refractivity contribution in [2.45, 2.75) is 63.5 Å². The summed E-state index contributed by atoms with van der Waals surface area (Å²) in [5.41, 5.74) is 8.07. The first-order valence-corrected chi connectivity index (χ1v) is 10.3. The summed E-state index contributed by atoms with van der Waals surface area (Å²) < 4.78 is 5.80. The van der Waals surface area contributed by atoms with Crippen LogP contribution in [0, 0.1) is 0 Å². The van der Waals surface area contributed by atoms with Gasteiger partial charge in [-0.15, -0.1) is 0 Å². The number of fused-ring (bicyclic) bond motifs is 1. The number of nitrogens with one attached hydrogen (secondary N) is 1. The maximum atomic E-state index is 12.5. The SMILES string of the molecule is COC1Cc2ccc(C(N)=O)cc2C(C)(C)C1NCCC(=O)N1CCCCC1. The third kappa shape index (κ3) is 4.23. The van der Waals surface area contributed by atoms with Gasteiger partial charge in [-0.3, -0.25) is 9.59 Å². The van der Waals surface area contributed by atoms with Gasteiger partial charge in [0.1, 0.15) is 0 Å². The number of hydrogen-bond donors (Lipinski definition) is 2. The number of benzene rings is 1. The third-order valence-electron chi connectivity index (χ3n) is 6.37. The molecule has 0 radical (unpaired) electrons. The molecule has 3 rings (SSSR count). The highest BCUT2D eigenvalue weighted by atomic mass is 16.5. The first-order valence-electron chi connectivity index (χ1n) is 10.3. The van der Waals surface area contributed by atoms with Crippen molar-refractivity contribution in [2.75, 3.05) is 26.7 Å². The molecule has 0 spiro atoms. The summed E-state index contributed by atoms with van der Waals surface area (Å²) in [6.45, 7) is 6.71. The number of piperidine rings is 1. The molecule has 1 aromatic rings. The number of amides is 2. The van der Waals surface area contributed by atoms with Gasteiger partial charge in [-0.05, 0) is 42.5 Å². The second-order valence-corrected chi connectivity index (χ2v) is 8.56. The topological polar surface area (TPSA) is 84.7 Å². The third-order valence-corrected chi connectivity index (χ3v) is 6.37. The molecule has 1 fully saturated rings. The number of methoxy groups -OCH3 is 1. The second-order valence-electron chi connectivity index (χ2n) is 8.56. The van der Waals surface area contributed by atoms with Gasteiger partial charge in [0.2, 0.25) is 11.8 Å². The normalized spacial score (nSPS) is 23.9. The van der Waals surface area contributed by atoms with Crippen LogP contribution in [0.2, 0.25) is 0 Å². The van der Waals surface area contributed by atoms with Gasteiger partial charge in [0.15, 0.2) is 0 Å². The van der Waals surface area contributed by atoms with E-state index >= 15 is 0 Å². The van der Waals surface area contributed by atoms with Crippen LogP contribution in [-0.2, 0) is 21.4 Å². The first kappa shape index (κ1) is 20.8. The molecular formula is C22H33N3O3. The number of carbonyl (C=O) groups is 2. The van der Waals surface area contributed by atoms with Crippen molar-refractivity contribution in [3.8, 4) is 0 Å². The van der Waals surface area contributed by atoms with E-state index in [0.29, 0.717) is 18.5 Å². The van der Waals surface area contributed by atoms with E-state index in [1.807, 2.05) is 17.0 Å². The van der Waals surface area contributed by atoms with Crippen molar-refractivity contribution < 1.29 is 14.3 Å². The van der Waals surface area contributed by atoms with Crippen LogP contribution in [0.1, 0.15) is 61.0 Å². The van der Waals surface area contributed by atoms with Crippen molar-refractivity contribution in [1.29, 1.82) is 0 Å². The fourth-order valence-electron chi connectivity index (χ4n) is 4.72. The summed E-state index contributed by atoms with van der Waals surface area (Å²) in [5, 5.41) is 3.58. The Morgan fingerprint density at radius 3 is 2.61 bits per heavy atom. The lowest BCUT2D eigenvalue weighted by Crippen LogP contribution is -2.57. The quantitative estimate of drug-likeness (QED) is 0.782. The fraction of sp³-hybridized carbons (Fsp3) is 0.636. The number of carbonyl (C=O) groups excluding carboxylic acids is 2. The maximum absolute atomic E-state index is 12.5. The minimum absolute atomic E-state index is 0.00650. The van der Waals surface area contributed by atoms with Gasteiger partial charge in [0.05, 0.1) is 6.10 Å². The predicted molar refractivity (Wildman–Crippen MR) is 109 cm³/mol. The second kappa shape index (κ2) is 8.62. The highest BCUT2D eigenvalue weighted by Crippen LogP contribution is 2.38. The minimum Gasteiger partial charge on any atom is -0.379 e. The van der Waals surface area contributed by atoms with Crippen molar-refractivity contribution in [3.63, 3.8) is 0 Å². The fourth-order valence-corrected chi connectivity index (χ4v) is 4.72. The molecule has 0 bridgehead atoms. The molecule has 1 aliphatic carbocycles. The van der Waals surface area contributed by atoms with E-state index in [-0.39, 0.29) is 23.5 Å². The van der Waals surface area contributed by atoms with Crippen molar-refractivity contribution in [2.24, 2.45) is 5.73 Å². The van der Waals surface area contributed by atoms with Crippen molar-refractivity contribution in [3.05, 3.63) is 34.9 Å². The average Bonchev–Trinajstić information content (AvgIpc) is 2.69. The van der Waals surface area contributed by atoms with E-state index in [9.17, 15) is 9.59 Å². The molecule has 154 valence electrons. The summed E-state index contributed by atoms with van der Waals surface area (Å²) in [6.07, 6.45) is 4.72. The Kier molecular flexibility index (Phi) is 6.40. The standard InChI is InChI=1S/C22H33N3O3/c1-22(2)17-13-16(21(23)27)8-7-15(17)14-18(28-3)20(22)24-10-9-19(26)25-11-5-4-6-12-25/h7-8,13,18,20,24H,4-6,9-12,14H2,1-3H3,(H2,23,27). The zero-order valence-electron chi connectivity index (χ0n) is 17.3. The molecule has 2 aliphatic rings. The summed E-state index contributed by atoms with van der Waals surface area (Å²) in [5.74, 6) is -0.185. The van der Waals surface area contributed by atoms with Gasteiger partial charge >= 0.3 is 0 Å². The van der Waals surface area contributed by atoms with Crippen molar-refractivity contribution in [1.82, 2.24) is 10.2 Å². The summed E-state index contributed by atoms with van der Waals surface area (Å²) in [7, 11) is 1.73. The van der Waals surface area contributed by atoms with E-state index in [1.165, 1.54) is 12.0 Å². The van der Waals surface area contributed by atoms with Gasteiger partial charge in [-0.2, -0.15) is 0 Å². The predicted octanol–water partition coefficient (Wildman–Crippen LogP) is 2.00. The molecule has 0 aromatic heterocycles. The van der Waals surface area contributed by atoms with Crippen LogP contribution < -0.4 is 11.1 Å². The maximum Gasteiger partial charge on any atom is 0.248 e. The molecule has 2 atom stereocenters. The number of rotatable bonds is 6. The van der Waals surface area contributed by atoms with E-state index in [4.69, 9.17) is 10.5 Å². The van der Waals surface area contributed by atoms with Crippen LogP contribution in [0.25, 0.3) is 0 Å². The molecule has 1 heterocycles. The van der Waals surface area contributed by atoms with Crippen LogP contribution in [0.15, 0.2) is 18.2 Å². The molecule has 0 saturated carbocycles. The number of nitrogens with zero attached hydrogens (tertiary/aromatic N) is 1. The number of primary amides is 1. The number of likely N-dealkylation sites (tertiary alicyclic amines) is 1. The summed E-state index contributed by atoms with van der Waals surface area (Å²) in [4.78, 5) is 26.1. The lowest BCUT2D eigenvalue weighted by molar-refractivity contribution is -0.132. The van der Waals surface area contributed by atoms with E-state index in [1.54, 1.807) is 13.2 Å². The molecule has 1 aromatic carbocycles. The molecule has 3 N–H and O–H groups in total. The van der Waals surface area contributed by atoms with E-state index in [0.717, 1.165) is 37.9 Å². The Balaban J connectivity index is 1.71. The van der Waals surface area contributed by atoms with Crippen LogP contribution in [0.3, 0.4) is 0 Å². The van der Waals surface area contributed by atoms with E-state index in [2.05, 4.69) is 19.2 Å². The molecule has 1 aliphatic heterocycles. The van der Waals surface area contributed by atoms with Gasteiger partial charge < -0.3 is 20.7 Å². The van der Waals surface area contributed by atoms with Crippen LogP contribution >= 0.6 is 0 Å². The summed E-state index contributed by atoms with van der Waals surface area (Å²) >= 11 is 0. The van der Waals surface area contributed by atoms with Gasteiger partial charge in [0, 0.05) is 56.6 Å². The zero-order valence-corrected chi connectivity index (χ0v) is 17.3. The smallest absolute Gasteiger partial charge is 0.248 e. The Hall–Kier alpha value is -1.92. The monoisotopic (exact) mass is 387 g/mol. The molecule has 6 heteroatoms. The first-order chi connectivity index (χ1) is 13.3. The highest BCUT2D eigenvalue weighted by Gasteiger charge is 2.42. The highest BCUT2D eigenvalue weighted by molar-refractivity contribution is 5.93. The van der Waals surface area contributed by atoms with Gasteiger partial charge in [-0.1, -0.05) is 19.9 Å². The molecule has 2 amide bonds. The Morgan fingerprint density at radius 1 is 1.25 bits per heavy atom. The molecule has 1 saturated heterocycles. The Bertz CT molecular complexity index is 726. The lowest BCUT2D eigenvalue weighted by Gasteiger charge is -2.45. The van der Waals surface area contributed by atoms with Crippen LogP contribution in [0.4, 0.5) is 0 Å². The Morgan fingerprint density at radius 2 is 1.96 bits per heavy atom. The number of hydrogen-bond acceptors (Lipinski definition) is 4. The zero-order chi connectivity index (χ0) is 20.3. The van der Waals surface area contributed by atoms with Crippen molar-refractivity contribution >= 4 is 11.8 Å². The molecule has 2 unspecified atom stereocenters.